The van der Waals surface area contributed by atoms with Gasteiger partial charge in [-0.15, -0.1) is 0 Å². The number of ether oxygens (including phenoxy) is 1. The molecule has 2 aliphatic heterocycles. The molecule has 1 atom stereocenters. The molecule has 2 aromatic carbocycles. The molecule has 1 N–H and O–H groups in total. The molecule has 0 aliphatic carbocycles. The highest BCUT2D eigenvalue weighted by Gasteiger charge is 2.44. The molecule has 158 valence electrons. The summed E-state index contributed by atoms with van der Waals surface area (Å²) in [7, 11) is 1.66. The molecule has 0 radical (unpaired) electrons. The summed E-state index contributed by atoms with van der Waals surface area (Å²) in [5.74, 6) is 0.652. The lowest BCUT2D eigenvalue weighted by molar-refractivity contribution is -0.134. The van der Waals surface area contributed by atoms with Crippen LogP contribution in [0.5, 0.6) is 5.75 Å². The largest absolute Gasteiger partial charge is 0.487 e. The van der Waals surface area contributed by atoms with Crippen molar-refractivity contribution in [1.82, 2.24) is 10.2 Å². The predicted molar refractivity (Wildman–Crippen MR) is 112 cm³/mol. The van der Waals surface area contributed by atoms with Crippen molar-refractivity contribution in [3.63, 3.8) is 0 Å². The van der Waals surface area contributed by atoms with Crippen LogP contribution in [0, 0.1) is 5.82 Å². The number of carbonyl (C=O) groups is 2. The van der Waals surface area contributed by atoms with Crippen molar-refractivity contribution in [3.8, 4) is 5.75 Å². The summed E-state index contributed by atoms with van der Waals surface area (Å²) in [5, 5.41) is 2.72. The first kappa shape index (κ1) is 20.4. The smallest absolute Gasteiger partial charge is 0.226 e. The maximum absolute atomic E-state index is 13.4. The number of benzene rings is 2. The van der Waals surface area contributed by atoms with Gasteiger partial charge >= 0.3 is 0 Å². The Morgan fingerprint density at radius 2 is 1.93 bits per heavy atom. The second-order valence-electron chi connectivity index (χ2n) is 8.29. The van der Waals surface area contributed by atoms with Gasteiger partial charge < -0.3 is 15.0 Å². The standard InChI is InChI=1S/C24H27FN2O3/c1-26-22(28)15-18-16-24(30-21-8-3-2-7-20(18)21)9-11-27(12-10-24)23(29)14-17-5-4-6-19(25)13-17/h2-8,13,18H,9-12,14-16H2,1H3,(H,26,28)/t18-/m1/s1. The van der Waals surface area contributed by atoms with Gasteiger partial charge in [0.1, 0.15) is 17.2 Å². The molecular formula is C24H27FN2O3. The lowest BCUT2D eigenvalue weighted by Gasteiger charge is -2.47. The first-order chi connectivity index (χ1) is 14.5. The number of fused-ring (bicyclic) bond motifs is 1. The second kappa shape index (κ2) is 8.46. The van der Waals surface area contributed by atoms with Crippen molar-refractivity contribution in [2.24, 2.45) is 0 Å². The van der Waals surface area contributed by atoms with Crippen LogP contribution in [0.25, 0.3) is 0 Å². The van der Waals surface area contributed by atoms with Gasteiger partial charge in [0, 0.05) is 45.3 Å². The number of rotatable bonds is 4. The van der Waals surface area contributed by atoms with Gasteiger partial charge in [0.15, 0.2) is 0 Å². The SMILES string of the molecule is CNC(=O)C[C@@H]1CC2(CCN(C(=O)Cc3cccc(F)c3)CC2)Oc2ccccc21. The number of hydrogen-bond donors (Lipinski definition) is 1. The Morgan fingerprint density at radius 1 is 1.17 bits per heavy atom. The van der Waals surface area contributed by atoms with Gasteiger partial charge in [-0.25, -0.2) is 4.39 Å². The van der Waals surface area contributed by atoms with E-state index in [0.29, 0.717) is 25.1 Å². The fourth-order valence-electron chi connectivity index (χ4n) is 4.66. The second-order valence-corrected chi connectivity index (χ2v) is 8.29. The average molecular weight is 410 g/mol. The van der Waals surface area contributed by atoms with Crippen molar-refractivity contribution < 1.29 is 18.7 Å². The number of nitrogens with one attached hydrogen (secondary N) is 1. The van der Waals surface area contributed by atoms with Gasteiger partial charge in [-0.2, -0.15) is 0 Å². The van der Waals surface area contributed by atoms with E-state index in [1.54, 1.807) is 19.2 Å². The third-order valence-corrected chi connectivity index (χ3v) is 6.29. The summed E-state index contributed by atoms with van der Waals surface area (Å²) in [6.45, 7) is 1.20. The fraction of sp³-hybridized carbons (Fsp3) is 0.417. The van der Waals surface area contributed by atoms with Crippen molar-refractivity contribution in [1.29, 1.82) is 0 Å². The van der Waals surface area contributed by atoms with E-state index in [9.17, 15) is 14.0 Å². The molecule has 4 rings (SSSR count). The van der Waals surface area contributed by atoms with E-state index in [1.165, 1.54) is 12.1 Å². The molecule has 1 saturated heterocycles. The van der Waals surface area contributed by atoms with E-state index in [4.69, 9.17) is 4.74 Å². The number of amides is 2. The van der Waals surface area contributed by atoms with Gasteiger partial charge in [-0.05, 0) is 35.7 Å². The van der Waals surface area contributed by atoms with E-state index in [-0.39, 0.29) is 35.6 Å². The number of likely N-dealkylation sites (tertiary alicyclic amines) is 1. The highest BCUT2D eigenvalue weighted by Crippen LogP contribution is 2.46. The number of nitrogens with zero attached hydrogens (tertiary/aromatic N) is 1. The summed E-state index contributed by atoms with van der Waals surface area (Å²) >= 11 is 0. The maximum Gasteiger partial charge on any atom is 0.226 e. The summed E-state index contributed by atoms with van der Waals surface area (Å²) in [5.41, 5.74) is 1.41. The molecule has 2 aromatic rings. The van der Waals surface area contributed by atoms with Crippen LogP contribution in [0.15, 0.2) is 48.5 Å². The Kier molecular flexibility index (Phi) is 5.75. The van der Waals surface area contributed by atoms with Gasteiger partial charge in [-0.3, -0.25) is 9.59 Å². The minimum Gasteiger partial charge on any atom is -0.487 e. The van der Waals surface area contributed by atoms with Gasteiger partial charge in [0.05, 0.1) is 6.42 Å². The Hall–Kier alpha value is -2.89. The molecule has 2 heterocycles. The number of hydrogen-bond acceptors (Lipinski definition) is 3. The van der Waals surface area contributed by atoms with E-state index < -0.39 is 0 Å². The van der Waals surface area contributed by atoms with Crippen LogP contribution in [0.3, 0.4) is 0 Å². The topological polar surface area (TPSA) is 58.6 Å². The normalized spacial score (nSPS) is 19.7. The first-order valence-corrected chi connectivity index (χ1v) is 10.5. The molecule has 5 nitrogen and oxygen atoms in total. The van der Waals surface area contributed by atoms with E-state index in [1.807, 2.05) is 29.2 Å². The van der Waals surface area contributed by atoms with Crippen LogP contribution in [-0.2, 0) is 16.0 Å². The lowest BCUT2D eigenvalue weighted by atomic mass is 9.76. The highest BCUT2D eigenvalue weighted by molar-refractivity contribution is 5.79. The van der Waals surface area contributed by atoms with Crippen LogP contribution in [0.2, 0.25) is 0 Å². The van der Waals surface area contributed by atoms with Crippen molar-refractivity contribution in [3.05, 3.63) is 65.5 Å². The molecule has 0 saturated carbocycles. The Bertz CT molecular complexity index is 938. The molecule has 1 fully saturated rings. The van der Waals surface area contributed by atoms with Crippen LogP contribution < -0.4 is 10.1 Å². The molecule has 6 heteroatoms. The molecule has 1 spiro atoms. The van der Waals surface area contributed by atoms with Crippen LogP contribution >= 0.6 is 0 Å². The van der Waals surface area contributed by atoms with E-state index in [0.717, 1.165) is 30.6 Å². The number of halogens is 1. The van der Waals surface area contributed by atoms with Crippen molar-refractivity contribution >= 4 is 11.8 Å². The number of para-hydroxylation sites is 1. The molecule has 0 aromatic heterocycles. The van der Waals surface area contributed by atoms with Gasteiger partial charge in [0.2, 0.25) is 11.8 Å². The van der Waals surface area contributed by atoms with E-state index in [2.05, 4.69) is 5.32 Å². The minimum absolute atomic E-state index is 0.00794. The van der Waals surface area contributed by atoms with Crippen molar-refractivity contribution in [2.75, 3.05) is 20.1 Å². The zero-order valence-electron chi connectivity index (χ0n) is 17.2. The Morgan fingerprint density at radius 3 is 2.67 bits per heavy atom. The maximum atomic E-state index is 13.4. The van der Waals surface area contributed by atoms with E-state index >= 15 is 0 Å². The van der Waals surface area contributed by atoms with Crippen LogP contribution in [0.4, 0.5) is 4.39 Å². The quantitative estimate of drug-likeness (QED) is 0.840. The molecule has 2 amide bonds. The molecular weight excluding hydrogens is 383 g/mol. The van der Waals surface area contributed by atoms with Crippen LogP contribution in [0.1, 0.15) is 42.7 Å². The highest BCUT2D eigenvalue weighted by atomic mass is 19.1. The number of piperidine rings is 1. The summed E-state index contributed by atoms with van der Waals surface area (Å²) in [6.07, 6.45) is 2.85. The minimum atomic E-state index is -0.358. The Balaban J connectivity index is 1.44. The summed E-state index contributed by atoms with van der Waals surface area (Å²) in [4.78, 5) is 26.6. The predicted octanol–water partition coefficient (Wildman–Crippen LogP) is 3.43. The first-order valence-electron chi connectivity index (χ1n) is 10.5. The zero-order chi connectivity index (χ0) is 21.1. The molecule has 0 bridgehead atoms. The van der Waals surface area contributed by atoms with Gasteiger partial charge in [0.25, 0.3) is 0 Å². The zero-order valence-corrected chi connectivity index (χ0v) is 17.2. The molecule has 30 heavy (non-hydrogen) atoms. The average Bonchev–Trinajstić information content (AvgIpc) is 2.74. The van der Waals surface area contributed by atoms with Crippen LogP contribution in [-0.4, -0.2) is 42.5 Å². The lowest BCUT2D eigenvalue weighted by Crippen LogP contribution is -2.52. The monoisotopic (exact) mass is 410 g/mol. The Labute approximate surface area is 176 Å². The summed E-state index contributed by atoms with van der Waals surface area (Å²) < 4.78 is 19.9. The third-order valence-electron chi connectivity index (χ3n) is 6.29. The summed E-state index contributed by atoms with van der Waals surface area (Å²) in [6, 6.07) is 14.1. The molecule has 2 aliphatic rings. The third kappa shape index (κ3) is 4.32. The number of carbonyl (C=O) groups excluding carboxylic acids is 2. The van der Waals surface area contributed by atoms with Crippen molar-refractivity contribution in [2.45, 2.75) is 43.6 Å². The molecule has 0 unspecified atom stereocenters. The fourth-order valence-corrected chi connectivity index (χ4v) is 4.66. The van der Waals surface area contributed by atoms with Gasteiger partial charge in [-0.1, -0.05) is 30.3 Å².